The van der Waals surface area contributed by atoms with E-state index in [0.717, 1.165) is 5.56 Å². The van der Waals surface area contributed by atoms with Gasteiger partial charge in [0.25, 0.3) is 0 Å². The number of esters is 1. The lowest BCUT2D eigenvalue weighted by Crippen LogP contribution is -2.32. The lowest BCUT2D eigenvalue weighted by atomic mass is 10.2. The summed E-state index contributed by atoms with van der Waals surface area (Å²) in [7, 11) is -3.81. The Balaban J connectivity index is 1.97. The van der Waals surface area contributed by atoms with Crippen molar-refractivity contribution in [3.63, 3.8) is 0 Å². The van der Waals surface area contributed by atoms with Gasteiger partial charge in [-0.15, -0.1) is 0 Å². The third-order valence-corrected chi connectivity index (χ3v) is 6.58. The molecule has 0 N–H and O–H groups in total. The van der Waals surface area contributed by atoms with E-state index >= 15 is 0 Å². The molecule has 0 amide bonds. The Hall–Kier alpha value is -2.05. The van der Waals surface area contributed by atoms with Crippen LogP contribution in [0.5, 0.6) is 5.75 Å². The first-order chi connectivity index (χ1) is 13.3. The Bertz CT molecular complexity index is 861. The summed E-state index contributed by atoms with van der Waals surface area (Å²) in [4.78, 5) is 12.4. The Labute approximate surface area is 171 Å². The highest BCUT2D eigenvalue weighted by Crippen LogP contribution is 2.22. The highest BCUT2D eigenvalue weighted by Gasteiger charge is 2.34. The molecule has 0 heterocycles. The lowest BCUT2D eigenvalue weighted by molar-refractivity contribution is -0.142. The monoisotopic (exact) mass is 424 g/mol. The number of aryl methyl sites for hydroxylation is 1. The van der Waals surface area contributed by atoms with Crippen molar-refractivity contribution in [3.05, 3.63) is 59.1 Å². The minimum atomic E-state index is -3.81. The molecule has 2 aromatic carbocycles. The number of carbonyl (C=O) groups excluding carboxylic acids is 1. The van der Waals surface area contributed by atoms with Crippen molar-refractivity contribution >= 4 is 27.4 Å². The van der Waals surface area contributed by atoms with Crippen LogP contribution in [-0.4, -0.2) is 32.9 Å². The van der Waals surface area contributed by atoms with E-state index in [1.165, 1.54) is 12.1 Å². The average Bonchev–Trinajstić information content (AvgIpc) is 2.66. The van der Waals surface area contributed by atoms with E-state index in [1.807, 2.05) is 6.92 Å². The molecule has 28 heavy (non-hydrogen) atoms. The number of ether oxygens (including phenoxy) is 2. The quantitative estimate of drug-likeness (QED) is 0.411. The van der Waals surface area contributed by atoms with E-state index in [2.05, 4.69) is 0 Å². The van der Waals surface area contributed by atoms with E-state index in [-0.39, 0.29) is 17.9 Å². The molecule has 0 radical (unpaired) electrons. The minimum Gasteiger partial charge on any atom is -0.494 e. The molecule has 0 aliphatic rings. The van der Waals surface area contributed by atoms with Crippen LogP contribution in [0.1, 0.15) is 31.7 Å². The summed E-state index contributed by atoms with van der Waals surface area (Å²) in [6.45, 7) is 4.09. The summed E-state index contributed by atoms with van der Waals surface area (Å²) in [6, 6.07) is 13.5. The second kappa shape index (κ2) is 10.5. The number of benzene rings is 2. The van der Waals surface area contributed by atoms with Gasteiger partial charge >= 0.3 is 5.97 Å². The summed E-state index contributed by atoms with van der Waals surface area (Å²) in [5.41, 5.74) is 0.950. The van der Waals surface area contributed by atoms with E-state index in [1.54, 1.807) is 43.3 Å². The molecule has 1 unspecified atom stereocenters. The van der Waals surface area contributed by atoms with Crippen molar-refractivity contribution in [3.8, 4) is 5.75 Å². The number of rotatable bonds is 10. The molecule has 5 nitrogen and oxygen atoms in total. The molecule has 0 aromatic heterocycles. The van der Waals surface area contributed by atoms with Crippen molar-refractivity contribution in [2.75, 3.05) is 13.2 Å². The fraction of sp³-hybridized carbons (Fsp3) is 0.381. The van der Waals surface area contributed by atoms with E-state index in [9.17, 15) is 13.2 Å². The van der Waals surface area contributed by atoms with Crippen molar-refractivity contribution < 1.29 is 22.7 Å². The van der Waals surface area contributed by atoms with Crippen LogP contribution in [0, 0.1) is 6.92 Å². The Kier molecular flexibility index (Phi) is 8.33. The summed E-state index contributed by atoms with van der Waals surface area (Å²) in [6.07, 6.45) is 1.31. The first-order valence-electron chi connectivity index (χ1n) is 9.20. The zero-order chi connectivity index (χ0) is 20.6. The molecule has 0 saturated carbocycles. The normalized spacial score (nSPS) is 12.4. The first kappa shape index (κ1) is 22.2. The molecule has 0 aliphatic heterocycles. The van der Waals surface area contributed by atoms with Gasteiger partial charge in [0.05, 0.1) is 18.1 Å². The van der Waals surface area contributed by atoms with Gasteiger partial charge in [-0.25, -0.2) is 8.42 Å². The third-order valence-electron chi connectivity index (χ3n) is 4.22. The Morgan fingerprint density at radius 1 is 1.04 bits per heavy atom. The summed E-state index contributed by atoms with van der Waals surface area (Å²) < 4.78 is 36.5. The number of hydrogen-bond donors (Lipinski definition) is 0. The molecule has 1 atom stereocenters. The summed E-state index contributed by atoms with van der Waals surface area (Å²) in [5.74, 6) is -0.0136. The van der Waals surface area contributed by atoms with Gasteiger partial charge in [0.15, 0.2) is 15.1 Å². The van der Waals surface area contributed by atoms with E-state index in [4.69, 9.17) is 21.1 Å². The molecule has 0 fully saturated rings. The molecule has 0 spiro atoms. The zero-order valence-corrected chi connectivity index (χ0v) is 17.6. The maximum absolute atomic E-state index is 12.9. The largest absolute Gasteiger partial charge is 0.494 e. The number of halogens is 1. The number of carbonyl (C=O) groups is 1. The SMILES string of the molecule is CCOC(=O)C(CCCCOc1ccc(Cl)cc1)S(=O)(=O)c1ccc(C)cc1. The van der Waals surface area contributed by atoms with Gasteiger partial charge in [-0.1, -0.05) is 29.3 Å². The van der Waals surface area contributed by atoms with Crippen LogP contribution in [0.2, 0.25) is 5.02 Å². The Morgan fingerprint density at radius 2 is 1.68 bits per heavy atom. The molecule has 0 saturated heterocycles. The number of unbranched alkanes of at least 4 members (excludes halogenated alkanes) is 1. The lowest BCUT2D eigenvalue weighted by Gasteiger charge is -2.16. The van der Waals surface area contributed by atoms with Gasteiger partial charge in [-0.3, -0.25) is 4.79 Å². The van der Waals surface area contributed by atoms with Crippen LogP contribution in [-0.2, 0) is 19.4 Å². The van der Waals surface area contributed by atoms with Crippen LogP contribution in [0.15, 0.2) is 53.4 Å². The standard InChI is InChI=1S/C21H25ClO5S/c1-3-26-21(23)20(28(24,25)19-13-7-16(2)8-14-19)6-4-5-15-27-18-11-9-17(22)10-12-18/h7-14,20H,3-6,15H2,1-2H3. The van der Waals surface area contributed by atoms with Crippen molar-refractivity contribution in [1.82, 2.24) is 0 Å². The van der Waals surface area contributed by atoms with Gasteiger partial charge in [0.2, 0.25) is 0 Å². The molecule has 0 aliphatic carbocycles. The smallest absolute Gasteiger partial charge is 0.324 e. The average molecular weight is 425 g/mol. The van der Waals surface area contributed by atoms with Gasteiger partial charge in [0, 0.05) is 5.02 Å². The summed E-state index contributed by atoms with van der Waals surface area (Å²) >= 11 is 5.83. The predicted octanol–water partition coefficient (Wildman–Crippen LogP) is 4.60. The second-order valence-electron chi connectivity index (χ2n) is 6.40. The van der Waals surface area contributed by atoms with Crippen molar-refractivity contribution in [2.45, 2.75) is 43.3 Å². The second-order valence-corrected chi connectivity index (χ2v) is 8.96. The number of hydrogen-bond acceptors (Lipinski definition) is 5. The fourth-order valence-corrected chi connectivity index (χ4v) is 4.45. The van der Waals surface area contributed by atoms with Gasteiger partial charge in [-0.05, 0) is 69.5 Å². The first-order valence-corrected chi connectivity index (χ1v) is 11.1. The van der Waals surface area contributed by atoms with Crippen LogP contribution in [0.4, 0.5) is 0 Å². The molecule has 2 rings (SSSR count). The highest BCUT2D eigenvalue weighted by atomic mass is 35.5. The van der Waals surface area contributed by atoms with E-state index < -0.39 is 21.1 Å². The van der Waals surface area contributed by atoms with Crippen LogP contribution in [0.25, 0.3) is 0 Å². The molecule has 0 bridgehead atoms. The molecule has 152 valence electrons. The topological polar surface area (TPSA) is 69.7 Å². The maximum Gasteiger partial charge on any atom is 0.324 e. The summed E-state index contributed by atoms with van der Waals surface area (Å²) in [5, 5.41) is -0.586. The molecular weight excluding hydrogens is 400 g/mol. The van der Waals surface area contributed by atoms with Crippen LogP contribution < -0.4 is 4.74 Å². The number of sulfone groups is 1. The molecular formula is C21H25ClO5S. The minimum absolute atomic E-state index is 0.133. The highest BCUT2D eigenvalue weighted by molar-refractivity contribution is 7.92. The zero-order valence-electron chi connectivity index (χ0n) is 16.1. The van der Waals surface area contributed by atoms with Gasteiger partial charge < -0.3 is 9.47 Å². The maximum atomic E-state index is 12.9. The van der Waals surface area contributed by atoms with Crippen molar-refractivity contribution in [1.29, 1.82) is 0 Å². The fourth-order valence-electron chi connectivity index (χ4n) is 2.68. The molecule has 7 heteroatoms. The van der Waals surface area contributed by atoms with Crippen molar-refractivity contribution in [2.24, 2.45) is 0 Å². The third kappa shape index (κ3) is 6.24. The van der Waals surface area contributed by atoms with Gasteiger partial charge in [0.1, 0.15) is 5.75 Å². The van der Waals surface area contributed by atoms with Crippen LogP contribution in [0.3, 0.4) is 0 Å². The van der Waals surface area contributed by atoms with Crippen LogP contribution >= 0.6 is 11.6 Å². The molecule has 2 aromatic rings. The van der Waals surface area contributed by atoms with Gasteiger partial charge in [-0.2, -0.15) is 0 Å². The predicted molar refractivity (Wildman–Crippen MR) is 110 cm³/mol. The Morgan fingerprint density at radius 3 is 2.29 bits per heavy atom. The van der Waals surface area contributed by atoms with E-state index in [0.29, 0.717) is 30.2 Å².